The highest BCUT2D eigenvalue weighted by Gasteiger charge is 2.57. The average molecular weight is 395 g/mol. The van der Waals surface area contributed by atoms with Crippen LogP contribution in [0.1, 0.15) is 33.6 Å². The summed E-state index contributed by atoms with van der Waals surface area (Å²) < 4.78 is 10.7. The number of hydrogen-bond donors (Lipinski definition) is 1. The fourth-order valence-electron chi connectivity index (χ4n) is 5.27. The van der Waals surface area contributed by atoms with Crippen LogP contribution in [0.25, 0.3) is 0 Å². The van der Waals surface area contributed by atoms with Gasteiger partial charge in [-0.25, -0.2) is 0 Å². The van der Waals surface area contributed by atoms with Crippen molar-refractivity contribution in [2.75, 3.05) is 24.4 Å². The molecule has 2 fully saturated rings. The van der Waals surface area contributed by atoms with Gasteiger partial charge in [0.25, 0.3) is 0 Å². The van der Waals surface area contributed by atoms with Gasteiger partial charge in [0.1, 0.15) is 11.5 Å². The lowest BCUT2D eigenvalue weighted by Crippen LogP contribution is -2.31. The van der Waals surface area contributed by atoms with E-state index in [1.54, 1.807) is 14.2 Å². The average Bonchev–Trinajstić information content (AvgIpc) is 3.49. The van der Waals surface area contributed by atoms with Gasteiger partial charge in [-0.15, -0.1) is 0 Å². The van der Waals surface area contributed by atoms with Crippen LogP contribution in [0.5, 0.6) is 11.5 Å². The predicted octanol–water partition coefficient (Wildman–Crippen LogP) is 5.44. The van der Waals surface area contributed by atoms with Crippen molar-refractivity contribution < 1.29 is 9.47 Å². The van der Waals surface area contributed by atoms with Crippen molar-refractivity contribution in [1.82, 2.24) is 0 Å². The van der Waals surface area contributed by atoms with E-state index in [9.17, 15) is 0 Å². The molecule has 0 radical (unpaired) electrons. The third kappa shape index (κ3) is 3.90. The highest BCUT2D eigenvalue weighted by Crippen LogP contribution is 2.51. The zero-order valence-corrected chi connectivity index (χ0v) is 18.3. The second-order valence-electron chi connectivity index (χ2n) is 8.91. The molecule has 4 heteroatoms. The second kappa shape index (κ2) is 8.17. The van der Waals surface area contributed by atoms with Crippen LogP contribution in [-0.2, 0) is 0 Å². The molecule has 4 rings (SSSR count). The van der Waals surface area contributed by atoms with Crippen molar-refractivity contribution in [1.29, 1.82) is 0 Å². The standard InChI is InChI=1S/C25H34N2O2/c1-16(2)22-14-15-23(26-18-6-10-20(28-4)11-7-18)17(3)24-25(22)27(24)19-8-12-21(29-5)13-9-19/h6-13,16-17,22-26H,14-15H2,1-5H3. The SMILES string of the molecule is COc1ccc(NC2CCC(C(C)C)C3C(C2C)N3c2ccc(OC)cc2)cc1. The van der Waals surface area contributed by atoms with E-state index in [2.05, 4.69) is 67.4 Å². The molecule has 5 unspecified atom stereocenters. The van der Waals surface area contributed by atoms with Gasteiger partial charge in [-0.05, 0) is 79.1 Å². The molecule has 0 spiro atoms. The zero-order chi connectivity index (χ0) is 20.5. The number of anilines is 2. The fourth-order valence-corrected chi connectivity index (χ4v) is 5.27. The smallest absolute Gasteiger partial charge is 0.119 e. The van der Waals surface area contributed by atoms with Gasteiger partial charge in [0.15, 0.2) is 0 Å². The Kier molecular flexibility index (Phi) is 5.62. The minimum absolute atomic E-state index is 0.475. The van der Waals surface area contributed by atoms with E-state index < -0.39 is 0 Å². The van der Waals surface area contributed by atoms with Crippen LogP contribution in [0, 0.1) is 17.8 Å². The zero-order valence-electron chi connectivity index (χ0n) is 18.3. The minimum atomic E-state index is 0.475. The Morgan fingerprint density at radius 2 is 1.45 bits per heavy atom. The molecule has 5 atom stereocenters. The first kappa shape index (κ1) is 19.9. The van der Waals surface area contributed by atoms with Crippen LogP contribution >= 0.6 is 0 Å². The van der Waals surface area contributed by atoms with E-state index in [4.69, 9.17) is 9.47 Å². The molecule has 1 aliphatic heterocycles. The number of benzene rings is 2. The molecule has 1 heterocycles. The van der Waals surface area contributed by atoms with Crippen molar-refractivity contribution in [3.63, 3.8) is 0 Å². The van der Waals surface area contributed by atoms with E-state index in [1.165, 1.54) is 24.2 Å². The second-order valence-corrected chi connectivity index (χ2v) is 8.91. The molecule has 1 saturated heterocycles. The summed E-state index contributed by atoms with van der Waals surface area (Å²) >= 11 is 0. The van der Waals surface area contributed by atoms with Crippen molar-refractivity contribution >= 4 is 11.4 Å². The molecule has 0 bridgehead atoms. The van der Waals surface area contributed by atoms with Crippen LogP contribution in [0.4, 0.5) is 11.4 Å². The van der Waals surface area contributed by atoms with Gasteiger partial charge in [-0.3, -0.25) is 0 Å². The number of hydrogen-bond acceptors (Lipinski definition) is 4. The number of nitrogens with zero attached hydrogens (tertiary/aromatic N) is 1. The molecule has 29 heavy (non-hydrogen) atoms. The summed E-state index contributed by atoms with van der Waals surface area (Å²) in [5.41, 5.74) is 2.50. The van der Waals surface area contributed by atoms with Crippen molar-refractivity contribution in [2.45, 2.75) is 51.7 Å². The molecule has 4 nitrogen and oxygen atoms in total. The fraction of sp³-hybridized carbons (Fsp3) is 0.520. The number of methoxy groups -OCH3 is 2. The van der Waals surface area contributed by atoms with Crippen LogP contribution in [0.15, 0.2) is 48.5 Å². The summed E-state index contributed by atoms with van der Waals surface area (Å²) in [5, 5.41) is 3.83. The lowest BCUT2D eigenvalue weighted by molar-refractivity contribution is 0.350. The van der Waals surface area contributed by atoms with Gasteiger partial charge >= 0.3 is 0 Å². The molecule has 156 valence electrons. The summed E-state index contributed by atoms with van der Waals surface area (Å²) in [6, 6.07) is 18.6. The Balaban J connectivity index is 1.55. The number of fused-ring (bicyclic) bond motifs is 1. The molecule has 0 aromatic heterocycles. The summed E-state index contributed by atoms with van der Waals surface area (Å²) in [6.45, 7) is 7.19. The van der Waals surface area contributed by atoms with E-state index in [1.807, 2.05) is 12.1 Å². The van der Waals surface area contributed by atoms with Gasteiger partial charge in [-0.2, -0.15) is 0 Å². The topological polar surface area (TPSA) is 33.5 Å². The first-order valence-corrected chi connectivity index (χ1v) is 10.9. The lowest BCUT2D eigenvalue weighted by atomic mass is 9.88. The highest BCUT2D eigenvalue weighted by molar-refractivity contribution is 5.59. The summed E-state index contributed by atoms with van der Waals surface area (Å²) in [4.78, 5) is 2.65. The molecule has 1 saturated carbocycles. The molecule has 1 N–H and O–H groups in total. The number of nitrogens with one attached hydrogen (secondary N) is 1. The molecule has 2 aliphatic rings. The Hall–Kier alpha value is -2.36. The summed E-state index contributed by atoms with van der Waals surface area (Å²) in [7, 11) is 3.44. The first-order chi connectivity index (χ1) is 14.0. The monoisotopic (exact) mass is 394 g/mol. The van der Waals surface area contributed by atoms with Gasteiger partial charge in [0.05, 0.1) is 26.3 Å². The van der Waals surface area contributed by atoms with Crippen molar-refractivity contribution in [2.24, 2.45) is 17.8 Å². The maximum absolute atomic E-state index is 5.35. The molecule has 2 aromatic rings. The lowest BCUT2D eigenvalue weighted by Gasteiger charge is -2.28. The van der Waals surface area contributed by atoms with E-state index in [-0.39, 0.29) is 0 Å². The van der Waals surface area contributed by atoms with Gasteiger partial charge in [0.2, 0.25) is 0 Å². The van der Waals surface area contributed by atoms with Crippen LogP contribution in [0.2, 0.25) is 0 Å². The minimum Gasteiger partial charge on any atom is -0.497 e. The van der Waals surface area contributed by atoms with Crippen LogP contribution < -0.4 is 19.7 Å². The quantitative estimate of drug-likeness (QED) is 0.661. The van der Waals surface area contributed by atoms with Gasteiger partial charge in [0, 0.05) is 17.4 Å². The van der Waals surface area contributed by atoms with Gasteiger partial charge in [-0.1, -0.05) is 20.8 Å². The number of ether oxygens (including phenoxy) is 2. The van der Waals surface area contributed by atoms with Gasteiger partial charge < -0.3 is 19.7 Å². The Bertz CT molecular complexity index is 803. The number of rotatable bonds is 6. The van der Waals surface area contributed by atoms with E-state index >= 15 is 0 Å². The summed E-state index contributed by atoms with van der Waals surface area (Å²) in [5.74, 6) is 3.82. The molecular formula is C25H34N2O2. The first-order valence-electron chi connectivity index (χ1n) is 10.9. The Morgan fingerprint density at radius 3 is 2.00 bits per heavy atom. The Labute approximate surface area is 175 Å². The third-order valence-corrected chi connectivity index (χ3v) is 6.99. The normalized spacial score (nSPS) is 28.5. The maximum atomic E-state index is 5.35. The largest absolute Gasteiger partial charge is 0.497 e. The third-order valence-electron chi connectivity index (χ3n) is 6.99. The van der Waals surface area contributed by atoms with E-state index in [0.29, 0.717) is 30.0 Å². The Morgan fingerprint density at radius 1 is 0.862 bits per heavy atom. The molecule has 0 amide bonds. The maximum Gasteiger partial charge on any atom is 0.119 e. The van der Waals surface area contributed by atoms with E-state index in [0.717, 1.165) is 17.4 Å². The molecular weight excluding hydrogens is 360 g/mol. The predicted molar refractivity (Wildman–Crippen MR) is 120 cm³/mol. The highest BCUT2D eigenvalue weighted by atomic mass is 16.5. The van der Waals surface area contributed by atoms with Crippen LogP contribution in [0.3, 0.4) is 0 Å². The molecule has 2 aromatic carbocycles. The summed E-state index contributed by atoms with van der Waals surface area (Å²) in [6.07, 6.45) is 2.49. The molecule has 1 aliphatic carbocycles. The van der Waals surface area contributed by atoms with Crippen LogP contribution in [-0.4, -0.2) is 32.3 Å². The van der Waals surface area contributed by atoms with Crippen molar-refractivity contribution in [3.8, 4) is 11.5 Å². The van der Waals surface area contributed by atoms with Crippen molar-refractivity contribution in [3.05, 3.63) is 48.5 Å².